The van der Waals surface area contributed by atoms with Gasteiger partial charge in [-0.05, 0) is 48.2 Å². The number of halogens is 1. The van der Waals surface area contributed by atoms with Crippen molar-refractivity contribution < 1.29 is 0 Å². The summed E-state index contributed by atoms with van der Waals surface area (Å²) in [5.74, 6) is 0.744. The molecule has 0 radical (unpaired) electrons. The number of hydrogen-bond donors (Lipinski definition) is 2. The fourth-order valence-electron chi connectivity index (χ4n) is 2.44. The number of fused-ring (bicyclic) bond motifs is 1. The van der Waals surface area contributed by atoms with Crippen LogP contribution in [0.1, 0.15) is 23.6 Å². The molecular formula is C14H14ClN3. The molecule has 2 aromatic rings. The Balaban J connectivity index is 1.87. The molecule has 0 spiro atoms. The van der Waals surface area contributed by atoms with Crippen LogP contribution in [0.15, 0.2) is 36.5 Å². The molecule has 0 fully saturated rings. The summed E-state index contributed by atoms with van der Waals surface area (Å²) in [4.78, 5) is 4.26. The van der Waals surface area contributed by atoms with Gasteiger partial charge in [0.15, 0.2) is 0 Å². The van der Waals surface area contributed by atoms with Crippen LogP contribution in [0, 0.1) is 0 Å². The lowest BCUT2D eigenvalue weighted by Crippen LogP contribution is -2.08. The Kier molecular flexibility index (Phi) is 2.84. The van der Waals surface area contributed by atoms with Gasteiger partial charge in [0.05, 0.1) is 11.1 Å². The van der Waals surface area contributed by atoms with E-state index in [1.54, 1.807) is 6.20 Å². The second kappa shape index (κ2) is 4.50. The molecular weight excluding hydrogens is 246 g/mol. The van der Waals surface area contributed by atoms with E-state index in [2.05, 4.69) is 22.4 Å². The van der Waals surface area contributed by atoms with Gasteiger partial charge < -0.3 is 11.1 Å². The third-order valence-corrected chi connectivity index (χ3v) is 3.62. The molecule has 4 heteroatoms. The Morgan fingerprint density at radius 2 is 2.22 bits per heavy atom. The summed E-state index contributed by atoms with van der Waals surface area (Å²) in [6.07, 6.45) is 3.83. The first kappa shape index (κ1) is 11.4. The topological polar surface area (TPSA) is 50.9 Å². The van der Waals surface area contributed by atoms with Gasteiger partial charge in [-0.1, -0.05) is 17.7 Å². The second-order valence-corrected chi connectivity index (χ2v) is 4.93. The predicted molar refractivity (Wildman–Crippen MR) is 74.8 cm³/mol. The lowest BCUT2D eigenvalue weighted by molar-refractivity contribution is 0.757. The first-order valence-electron chi connectivity index (χ1n) is 5.99. The summed E-state index contributed by atoms with van der Waals surface area (Å²) in [5.41, 5.74) is 9.24. The molecule has 1 aromatic heterocycles. The average molecular weight is 260 g/mol. The minimum absolute atomic E-state index is 0.271. The minimum Gasteiger partial charge on any atom is -0.399 e. The van der Waals surface area contributed by atoms with E-state index in [4.69, 9.17) is 17.3 Å². The third kappa shape index (κ3) is 2.02. The van der Waals surface area contributed by atoms with Gasteiger partial charge in [-0.3, -0.25) is 0 Å². The summed E-state index contributed by atoms with van der Waals surface area (Å²) in [6.45, 7) is 0. The molecule has 0 bridgehead atoms. The fourth-order valence-corrected chi connectivity index (χ4v) is 2.62. The van der Waals surface area contributed by atoms with Gasteiger partial charge in [-0.25, -0.2) is 4.98 Å². The van der Waals surface area contributed by atoms with Gasteiger partial charge in [0.25, 0.3) is 0 Å². The quantitative estimate of drug-likeness (QED) is 0.813. The van der Waals surface area contributed by atoms with Crippen LogP contribution >= 0.6 is 11.6 Å². The molecule has 1 aromatic carbocycles. The van der Waals surface area contributed by atoms with E-state index in [1.165, 1.54) is 11.1 Å². The summed E-state index contributed by atoms with van der Waals surface area (Å²) in [6, 6.07) is 10.0. The Hall–Kier alpha value is -1.74. The first-order valence-corrected chi connectivity index (χ1v) is 6.37. The molecule has 1 aliphatic rings. The maximum Gasteiger partial charge on any atom is 0.145 e. The number of nitrogens with two attached hydrogens (primary N) is 1. The van der Waals surface area contributed by atoms with Gasteiger partial charge in [-0.15, -0.1) is 0 Å². The zero-order chi connectivity index (χ0) is 12.5. The van der Waals surface area contributed by atoms with Crippen molar-refractivity contribution in [1.82, 2.24) is 4.98 Å². The van der Waals surface area contributed by atoms with Crippen LogP contribution in [-0.2, 0) is 6.42 Å². The Morgan fingerprint density at radius 3 is 3.06 bits per heavy atom. The number of anilines is 2. The molecule has 1 atom stereocenters. The van der Waals surface area contributed by atoms with Crippen molar-refractivity contribution in [2.24, 2.45) is 0 Å². The van der Waals surface area contributed by atoms with E-state index in [9.17, 15) is 0 Å². The lowest BCUT2D eigenvalue weighted by Gasteiger charge is -2.15. The minimum atomic E-state index is 0.271. The van der Waals surface area contributed by atoms with Crippen molar-refractivity contribution in [1.29, 1.82) is 0 Å². The number of rotatable bonds is 2. The monoisotopic (exact) mass is 259 g/mol. The van der Waals surface area contributed by atoms with Crippen LogP contribution in [-0.4, -0.2) is 4.98 Å². The molecule has 1 unspecified atom stereocenters. The van der Waals surface area contributed by atoms with Crippen LogP contribution in [0.4, 0.5) is 11.5 Å². The number of nitrogen functional groups attached to an aromatic ring is 1. The van der Waals surface area contributed by atoms with Crippen molar-refractivity contribution in [3.63, 3.8) is 0 Å². The largest absolute Gasteiger partial charge is 0.399 e. The van der Waals surface area contributed by atoms with E-state index in [1.807, 2.05) is 18.2 Å². The van der Waals surface area contributed by atoms with Gasteiger partial charge in [0.2, 0.25) is 0 Å². The van der Waals surface area contributed by atoms with Crippen LogP contribution < -0.4 is 11.1 Å². The highest BCUT2D eigenvalue weighted by Crippen LogP contribution is 2.35. The Labute approximate surface area is 111 Å². The first-order chi connectivity index (χ1) is 8.74. The van der Waals surface area contributed by atoms with Crippen molar-refractivity contribution in [2.75, 3.05) is 11.1 Å². The lowest BCUT2D eigenvalue weighted by atomic mass is 10.1. The van der Waals surface area contributed by atoms with E-state index >= 15 is 0 Å². The number of aromatic nitrogens is 1. The normalized spacial score (nSPS) is 17.5. The molecule has 92 valence electrons. The summed E-state index contributed by atoms with van der Waals surface area (Å²) >= 11 is 6.11. The molecule has 1 aliphatic carbocycles. The molecule has 1 heterocycles. The fraction of sp³-hybridized carbons (Fsp3) is 0.214. The number of pyridine rings is 1. The van der Waals surface area contributed by atoms with Crippen molar-refractivity contribution in [2.45, 2.75) is 18.9 Å². The van der Waals surface area contributed by atoms with Crippen LogP contribution in [0.25, 0.3) is 0 Å². The van der Waals surface area contributed by atoms with E-state index in [0.717, 1.165) is 24.3 Å². The smallest absolute Gasteiger partial charge is 0.145 e. The highest BCUT2D eigenvalue weighted by molar-refractivity contribution is 6.32. The third-order valence-electron chi connectivity index (χ3n) is 3.31. The molecule has 3 rings (SSSR count). The zero-order valence-electron chi connectivity index (χ0n) is 9.86. The molecule has 0 amide bonds. The zero-order valence-corrected chi connectivity index (χ0v) is 10.6. The van der Waals surface area contributed by atoms with Crippen molar-refractivity contribution in [3.8, 4) is 0 Å². The molecule has 0 aliphatic heterocycles. The number of nitrogens with one attached hydrogen (secondary N) is 1. The van der Waals surface area contributed by atoms with Gasteiger partial charge >= 0.3 is 0 Å². The number of aryl methyl sites for hydroxylation is 1. The molecule has 3 N–H and O–H groups in total. The van der Waals surface area contributed by atoms with Crippen molar-refractivity contribution >= 4 is 23.1 Å². The molecule has 0 saturated carbocycles. The highest BCUT2D eigenvalue weighted by atomic mass is 35.5. The van der Waals surface area contributed by atoms with E-state index in [0.29, 0.717) is 5.02 Å². The number of benzene rings is 1. The SMILES string of the molecule is Nc1ccc2c(c1)CCC2Nc1ncccc1Cl. The molecule has 3 nitrogen and oxygen atoms in total. The summed E-state index contributed by atoms with van der Waals surface area (Å²) in [5, 5.41) is 4.05. The standard InChI is InChI=1S/C14H14ClN3/c15-12-2-1-7-17-14(12)18-13-6-3-9-8-10(16)4-5-11(9)13/h1-2,4-5,7-8,13H,3,6,16H2,(H,17,18). The van der Waals surface area contributed by atoms with E-state index < -0.39 is 0 Å². The van der Waals surface area contributed by atoms with Crippen LogP contribution in [0.2, 0.25) is 5.02 Å². The number of hydrogen-bond acceptors (Lipinski definition) is 3. The predicted octanol–water partition coefficient (Wildman–Crippen LogP) is 3.42. The van der Waals surface area contributed by atoms with Crippen LogP contribution in [0.3, 0.4) is 0 Å². The highest BCUT2D eigenvalue weighted by Gasteiger charge is 2.23. The summed E-state index contributed by atoms with van der Waals surface area (Å²) in [7, 11) is 0. The second-order valence-electron chi connectivity index (χ2n) is 4.53. The average Bonchev–Trinajstić information content (AvgIpc) is 2.74. The van der Waals surface area contributed by atoms with Crippen molar-refractivity contribution in [3.05, 3.63) is 52.7 Å². The maximum absolute atomic E-state index is 6.11. The molecule has 0 saturated heterocycles. The summed E-state index contributed by atoms with van der Waals surface area (Å²) < 4.78 is 0. The number of nitrogens with zero attached hydrogens (tertiary/aromatic N) is 1. The van der Waals surface area contributed by atoms with Gasteiger partial charge in [0.1, 0.15) is 5.82 Å². The van der Waals surface area contributed by atoms with Gasteiger partial charge in [-0.2, -0.15) is 0 Å². The Morgan fingerprint density at radius 1 is 1.33 bits per heavy atom. The Bertz CT molecular complexity index is 583. The van der Waals surface area contributed by atoms with E-state index in [-0.39, 0.29) is 6.04 Å². The molecule has 18 heavy (non-hydrogen) atoms. The van der Waals surface area contributed by atoms with Crippen LogP contribution in [0.5, 0.6) is 0 Å². The van der Waals surface area contributed by atoms with Gasteiger partial charge in [0, 0.05) is 11.9 Å². The maximum atomic E-state index is 6.11.